The van der Waals surface area contributed by atoms with Crippen LogP contribution in [0.25, 0.3) is 11.2 Å². The number of carbonyl (C=O) groups excluding carboxylic acids is 1. The first-order chi connectivity index (χ1) is 15.9. The molecule has 178 valence electrons. The molecule has 4 rings (SSSR count). The van der Waals surface area contributed by atoms with Crippen LogP contribution >= 0.6 is 0 Å². The zero-order valence-electron chi connectivity index (χ0n) is 21.2. The lowest BCUT2D eigenvalue weighted by Gasteiger charge is -2.35. The summed E-state index contributed by atoms with van der Waals surface area (Å²) in [5.41, 5.74) is 5.20. The van der Waals surface area contributed by atoms with Crippen LogP contribution in [-0.2, 0) is 4.79 Å². The van der Waals surface area contributed by atoms with E-state index < -0.39 is 0 Å². The molecule has 2 aliphatic rings. The first-order valence-corrected chi connectivity index (χ1v) is 12.5. The van der Waals surface area contributed by atoms with Gasteiger partial charge in [0.1, 0.15) is 5.65 Å². The first-order valence-electron chi connectivity index (χ1n) is 12.5. The molecule has 5 heteroatoms. The zero-order chi connectivity index (χ0) is 24.0. The third kappa shape index (κ3) is 6.02. The molecule has 2 aromatic rings. The molecule has 2 aromatic heterocycles. The Balaban J connectivity index is 0.00000149. The number of likely N-dealkylation sites (tertiary alicyclic amines) is 1. The second-order valence-electron chi connectivity index (χ2n) is 8.98. The van der Waals surface area contributed by atoms with E-state index in [0.29, 0.717) is 5.92 Å². The Bertz CT molecular complexity index is 1040. The summed E-state index contributed by atoms with van der Waals surface area (Å²) < 4.78 is 2.02. The topological polar surface area (TPSA) is 40.8 Å². The lowest BCUT2D eigenvalue weighted by molar-refractivity contribution is -0.124. The highest BCUT2D eigenvalue weighted by atomic mass is 16.2. The van der Waals surface area contributed by atoms with Gasteiger partial charge in [0.25, 0.3) is 5.91 Å². The fraction of sp³-hybridized carbons (Fsp3) is 0.500. The maximum absolute atomic E-state index is 13.2. The van der Waals surface area contributed by atoms with Crippen molar-refractivity contribution in [2.45, 2.75) is 66.8 Å². The van der Waals surface area contributed by atoms with Gasteiger partial charge in [0.05, 0.1) is 11.7 Å². The summed E-state index contributed by atoms with van der Waals surface area (Å²) in [6, 6.07) is 4.10. The number of aromatic nitrogens is 2. The highest BCUT2D eigenvalue weighted by Crippen LogP contribution is 2.29. The smallest absolute Gasteiger partial charge is 0.251 e. The van der Waals surface area contributed by atoms with E-state index in [1.165, 1.54) is 31.4 Å². The number of amides is 1. The zero-order valence-corrected chi connectivity index (χ0v) is 21.2. The van der Waals surface area contributed by atoms with Gasteiger partial charge in [0.15, 0.2) is 0 Å². The molecule has 33 heavy (non-hydrogen) atoms. The van der Waals surface area contributed by atoms with Crippen LogP contribution in [0.2, 0.25) is 0 Å². The van der Waals surface area contributed by atoms with E-state index in [1.54, 1.807) is 6.08 Å². The van der Waals surface area contributed by atoms with Gasteiger partial charge in [-0.15, -0.1) is 0 Å². The van der Waals surface area contributed by atoms with Crippen molar-refractivity contribution in [3.63, 3.8) is 0 Å². The molecule has 1 amide bonds. The lowest BCUT2D eigenvalue weighted by atomic mass is 9.87. The first kappa shape index (κ1) is 25.0. The molecule has 1 unspecified atom stereocenters. The van der Waals surface area contributed by atoms with Gasteiger partial charge in [0, 0.05) is 24.7 Å². The maximum Gasteiger partial charge on any atom is 0.251 e. The van der Waals surface area contributed by atoms with Crippen molar-refractivity contribution in [1.82, 2.24) is 19.2 Å². The lowest BCUT2D eigenvalue weighted by Crippen LogP contribution is -2.37. The van der Waals surface area contributed by atoms with Gasteiger partial charge in [-0.2, -0.15) is 0 Å². The van der Waals surface area contributed by atoms with E-state index in [2.05, 4.69) is 42.1 Å². The number of hydrogen-bond acceptors (Lipinski definition) is 3. The molecule has 0 radical (unpaired) electrons. The number of aryl methyl sites for hydroxylation is 1. The Morgan fingerprint density at radius 2 is 1.91 bits per heavy atom. The fourth-order valence-corrected chi connectivity index (χ4v) is 4.67. The number of carbonyl (C=O) groups is 1. The second kappa shape index (κ2) is 11.5. The third-order valence-corrected chi connectivity index (χ3v) is 6.51. The van der Waals surface area contributed by atoms with Crippen molar-refractivity contribution < 1.29 is 4.79 Å². The molecule has 0 spiro atoms. The molecule has 1 atom stereocenters. The monoisotopic (exact) mass is 448 g/mol. The summed E-state index contributed by atoms with van der Waals surface area (Å²) in [5.74, 6) is 0.585. The molecule has 0 saturated carbocycles. The molecule has 5 nitrogen and oxygen atoms in total. The van der Waals surface area contributed by atoms with Crippen LogP contribution in [-0.4, -0.2) is 50.8 Å². The van der Waals surface area contributed by atoms with Gasteiger partial charge in [0.2, 0.25) is 0 Å². The van der Waals surface area contributed by atoms with Crippen molar-refractivity contribution in [3.05, 3.63) is 65.8 Å². The van der Waals surface area contributed by atoms with E-state index in [1.807, 2.05) is 61.5 Å². The summed E-state index contributed by atoms with van der Waals surface area (Å²) in [7, 11) is 0. The van der Waals surface area contributed by atoms with Crippen molar-refractivity contribution >= 4 is 17.1 Å². The predicted molar refractivity (Wildman–Crippen MR) is 138 cm³/mol. The number of fused-ring (bicyclic) bond motifs is 1. The van der Waals surface area contributed by atoms with Crippen LogP contribution in [0.15, 0.2) is 54.5 Å². The molecule has 4 heterocycles. The number of imidazole rings is 1. The highest BCUT2D eigenvalue weighted by molar-refractivity contribution is 5.96. The maximum atomic E-state index is 13.2. The number of rotatable bonds is 5. The van der Waals surface area contributed by atoms with Gasteiger partial charge in [-0.05, 0) is 94.4 Å². The quantitative estimate of drug-likeness (QED) is 0.538. The summed E-state index contributed by atoms with van der Waals surface area (Å²) in [6.07, 6.45) is 15.9. The molecule has 0 N–H and O–H groups in total. The number of piperidine rings is 1. The molecular formula is C28H40N4O. The Labute approximate surface area is 199 Å². The number of nitrogens with zero attached hydrogens (tertiary/aromatic N) is 4. The SMILES string of the molecule is CC.CCCN1CCC(C2=CN(C(=O)/C=C(\C)c3ccc4nc(C)cn4c3)C(C)C=C2)CC1. The van der Waals surface area contributed by atoms with Gasteiger partial charge in [-0.1, -0.05) is 32.9 Å². The Morgan fingerprint density at radius 3 is 2.61 bits per heavy atom. The van der Waals surface area contributed by atoms with Crippen LogP contribution in [0.1, 0.15) is 65.1 Å². The Morgan fingerprint density at radius 1 is 1.18 bits per heavy atom. The van der Waals surface area contributed by atoms with Crippen molar-refractivity contribution in [3.8, 4) is 0 Å². The molecule has 1 fully saturated rings. The van der Waals surface area contributed by atoms with E-state index in [9.17, 15) is 4.79 Å². The Hall–Kier alpha value is -2.66. The largest absolute Gasteiger partial charge is 0.309 e. The van der Waals surface area contributed by atoms with Crippen molar-refractivity contribution in [2.24, 2.45) is 5.92 Å². The number of pyridine rings is 1. The molecule has 0 aliphatic carbocycles. The van der Waals surface area contributed by atoms with E-state index in [4.69, 9.17) is 0 Å². The third-order valence-electron chi connectivity index (χ3n) is 6.51. The minimum absolute atomic E-state index is 0.0391. The minimum Gasteiger partial charge on any atom is -0.309 e. The summed E-state index contributed by atoms with van der Waals surface area (Å²) in [6.45, 7) is 15.8. The molecule has 0 bridgehead atoms. The molecular weight excluding hydrogens is 408 g/mol. The van der Waals surface area contributed by atoms with Crippen LogP contribution in [0.5, 0.6) is 0 Å². The second-order valence-corrected chi connectivity index (χ2v) is 8.98. The van der Waals surface area contributed by atoms with E-state index in [0.717, 1.165) is 35.6 Å². The van der Waals surface area contributed by atoms with Gasteiger partial charge < -0.3 is 14.2 Å². The predicted octanol–water partition coefficient (Wildman–Crippen LogP) is 5.87. The number of hydrogen-bond donors (Lipinski definition) is 0. The van der Waals surface area contributed by atoms with Crippen LogP contribution in [0.4, 0.5) is 0 Å². The van der Waals surface area contributed by atoms with Crippen LogP contribution in [0.3, 0.4) is 0 Å². The summed E-state index contributed by atoms with van der Waals surface area (Å²) in [5, 5.41) is 0. The van der Waals surface area contributed by atoms with Gasteiger partial charge >= 0.3 is 0 Å². The van der Waals surface area contributed by atoms with Crippen LogP contribution < -0.4 is 0 Å². The average Bonchev–Trinajstić information content (AvgIpc) is 3.20. The molecule has 2 aliphatic heterocycles. The van der Waals surface area contributed by atoms with Gasteiger partial charge in [-0.3, -0.25) is 4.79 Å². The summed E-state index contributed by atoms with van der Waals surface area (Å²) in [4.78, 5) is 22.1. The summed E-state index contributed by atoms with van der Waals surface area (Å²) >= 11 is 0. The van der Waals surface area contributed by atoms with E-state index in [-0.39, 0.29) is 11.9 Å². The standard InChI is InChI=1S/C26H34N4O.C2H6/c1-5-12-28-13-10-22(11-14-28)24-7-6-21(4)30(18-24)26(31)15-19(2)23-8-9-25-27-20(3)16-29(25)17-23;1-2/h6-9,15-18,21-22H,5,10-14H2,1-4H3;1-2H3/b19-15+;. The van der Waals surface area contributed by atoms with Gasteiger partial charge in [-0.25, -0.2) is 4.98 Å². The fourth-order valence-electron chi connectivity index (χ4n) is 4.67. The molecule has 1 saturated heterocycles. The average molecular weight is 449 g/mol. The number of allylic oxidation sites excluding steroid dienone is 3. The van der Waals surface area contributed by atoms with E-state index >= 15 is 0 Å². The highest BCUT2D eigenvalue weighted by Gasteiger charge is 2.25. The van der Waals surface area contributed by atoms with Crippen molar-refractivity contribution in [2.75, 3.05) is 19.6 Å². The molecule has 0 aromatic carbocycles. The van der Waals surface area contributed by atoms with Crippen molar-refractivity contribution in [1.29, 1.82) is 0 Å². The minimum atomic E-state index is 0.0391. The Kier molecular flexibility index (Phi) is 8.67. The normalized spacial score (nSPS) is 19.9. The van der Waals surface area contributed by atoms with Crippen LogP contribution in [0, 0.1) is 12.8 Å².